The van der Waals surface area contributed by atoms with Crippen molar-refractivity contribution >= 4 is 26.5 Å². The molecular weight excluding hydrogens is 567 g/mol. The minimum absolute atomic E-state index is 0. The molecule has 0 N–H and O–H groups in total. The minimum atomic E-state index is -1.48. The van der Waals surface area contributed by atoms with Crippen molar-refractivity contribution in [2.24, 2.45) is 0 Å². The van der Waals surface area contributed by atoms with Crippen molar-refractivity contribution in [1.29, 1.82) is 0 Å². The molecule has 0 spiro atoms. The Bertz CT molecular complexity index is 1440. The van der Waals surface area contributed by atoms with Gasteiger partial charge in [0.2, 0.25) is 0 Å². The summed E-state index contributed by atoms with van der Waals surface area (Å²) in [6.07, 6.45) is 10.6. The molecule has 0 aromatic heterocycles. The average Bonchev–Trinajstić information content (AvgIpc) is 3.33. The zero-order valence-electron chi connectivity index (χ0n) is 20.8. The fourth-order valence-electron chi connectivity index (χ4n) is 5.12. The second-order valence-electron chi connectivity index (χ2n) is 9.80. The molecule has 3 aromatic carbocycles. The van der Waals surface area contributed by atoms with Crippen molar-refractivity contribution in [1.82, 2.24) is 0 Å². The van der Waals surface area contributed by atoms with Gasteiger partial charge in [-0.25, -0.2) is 0 Å². The van der Waals surface area contributed by atoms with Crippen LogP contribution >= 0.6 is 0 Å². The molecule has 1 radical (unpaired) electrons. The van der Waals surface area contributed by atoms with E-state index < -0.39 is 8.32 Å². The molecule has 1 unspecified atom stereocenters. The van der Waals surface area contributed by atoms with Gasteiger partial charge in [-0.3, -0.25) is 0 Å². The molecule has 0 aliphatic heterocycles. The number of allylic oxidation sites excluding steroid dienone is 1. The Labute approximate surface area is 241 Å². The van der Waals surface area contributed by atoms with Crippen LogP contribution in [0.1, 0.15) is 47.9 Å². The number of halogens is 2. The monoisotopic (exact) mass is 595 g/mol. The zero-order chi connectivity index (χ0) is 22.3. The molecule has 0 bridgehead atoms. The molecule has 1 nitrogen and oxygen atoms in total. The summed E-state index contributed by atoms with van der Waals surface area (Å²) in [6.45, 7) is 9.79. The summed E-state index contributed by atoms with van der Waals surface area (Å²) in [5.41, 5.74) is 6.95. The molecule has 1 atom stereocenters. The van der Waals surface area contributed by atoms with Crippen molar-refractivity contribution in [2.75, 3.05) is 6.61 Å². The molecule has 5 rings (SSSR count). The minimum Gasteiger partial charge on any atom is -1.00 e. The first-order chi connectivity index (χ1) is 15.5. The van der Waals surface area contributed by atoms with Gasteiger partial charge in [0, 0.05) is 12.5 Å². The second kappa shape index (κ2) is 12.3. The van der Waals surface area contributed by atoms with Crippen LogP contribution in [0.25, 0.3) is 18.2 Å². The van der Waals surface area contributed by atoms with Gasteiger partial charge in [-0.2, -0.15) is 0 Å². The third-order valence-electron chi connectivity index (χ3n) is 6.52. The second-order valence-corrected chi connectivity index (χ2v) is 14.3. The van der Waals surface area contributed by atoms with Crippen LogP contribution in [-0.4, -0.2) is 14.9 Å². The van der Waals surface area contributed by atoms with Gasteiger partial charge < -0.3 is 29.2 Å². The fourth-order valence-corrected chi connectivity index (χ4v) is 5.88. The van der Waals surface area contributed by atoms with Crippen LogP contribution < -0.4 is 35.3 Å². The van der Waals surface area contributed by atoms with E-state index in [1.165, 1.54) is 48.7 Å². The van der Waals surface area contributed by atoms with E-state index in [1.54, 1.807) is 0 Å². The van der Waals surface area contributed by atoms with E-state index in [2.05, 4.69) is 105 Å². The Hall–Kier alpha value is -1.22. The van der Waals surface area contributed by atoms with E-state index in [9.17, 15) is 0 Å². The van der Waals surface area contributed by atoms with Gasteiger partial charge in [-0.05, 0) is 50.5 Å². The molecule has 35 heavy (non-hydrogen) atoms. The molecule has 2 aliphatic rings. The van der Waals surface area contributed by atoms with E-state index in [-0.39, 0.29) is 56.9 Å². The Morgan fingerprint density at radius 1 is 0.914 bits per heavy atom. The van der Waals surface area contributed by atoms with Gasteiger partial charge >= 0.3 is 26.2 Å². The molecule has 0 saturated carbocycles. The molecule has 3 aromatic rings. The van der Waals surface area contributed by atoms with Crippen molar-refractivity contribution in [3.05, 3.63) is 109 Å². The quantitative estimate of drug-likeness (QED) is 0.172. The first kappa shape index (κ1) is 30.0. The number of benzene rings is 3. The Kier molecular flexibility index (Phi) is 10.6. The summed E-state index contributed by atoms with van der Waals surface area (Å²) >= 11 is 0. The van der Waals surface area contributed by atoms with Crippen LogP contribution in [0.2, 0.25) is 19.6 Å². The van der Waals surface area contributed by atoms with E-state index >= 15 is 0 Å². The molecule has 0 amide bonds. The summed E-state index contributed by atoms with van der Waals surface area (Å²) in [5.74, 6) is 0.279. The summed E-state index contributed by atoms with van der Waals surface area (Å²) in [4.78, 5) is 0. The number of hydrogen-bond acceptors (Lipinski definition) is 1. The Morgan fingerprint density at radius 2 is 1.63 bits per heavy atom. The van der Waals surface area contributed by atoms with Crippen molar-refractivity contribution in [3.8, 4) is 0 Å². The summed E-state index contributed by atoms with van der Waals surface area (Å²) < 4.78 is 6.16. The molecule has 2 aliphatic carbocycles. The smallest absolute Gasteiger partial charge is 1.00 e. The standard InChI is InChI=1S/C30H31OSi.2ClH.Zr/c1-5-21-16-17-27-25-14-8-6-12-23(25)20-28(27)29(21)30-24(13-10-18-31-32(2,3)4)19-22-11-7-9-15-26(22)30;;;/h5-9,11-12,14-17,19,30H,10,13,18H2,1-4H3;2*1H;/q-1;;;+3/p-2. The third kappa shape index (κ3) is 6.03. The summed E-state index contributed by atoms with van der Waals surface area (Å²) in [7, 11) is -1.48. The number of rotatable bonds is 6. The summed E-state index contributed by atoms with van der Waals surface area (Å²) in [6, 6.07) is 22.1. The van der Waals surface area contributed by atoms with Gasteiger partial charge in [0.25, 0.3) is 0 Å². The SMILES string of the molecule is CC=c1ccc2c(c1C1C(CCCO[Si](C)(C)C)=Cc3ccccc31)[C-]=c1ccccc1=2.[Cl-].[Cl-].[Zr+3]. The number of fused-ring (bicyclic) bond motifs is 3. The van der Waals surface area contributed by atoms with Crippen LogP contribution in [0.3, 0.4) is 0 Å². The first-order valence-corrected chi connectivity index (χ1v) is 15.1. The van der Waals surface area contributed by atoms with Crippen molar-refractivity contribution in [2.45, 2.75) is 45.3 Å². The number of hydrogen-bond donors (Lipinski definition) is 0. The van der Waals surface area contributed by atoms with Gasteiger partial charge in [-0.15, -0.1) is 33.4 Å². The predicted octanol–water partition coefficient (Wildman–Crippen LogP) is -0.0407. The maximum atomic E-state index is 6.16. The first-order valence-electron chi connectivity index (χ1n) is 11.7. The Balaban J connectivity index is 0.00000144. The molecule has 5 heteroatoms. The van der Waals surface area contributed by atoms with Crippen LogP contribution in [0.5, 0.6) is 0 Å². The van der Waals surface area contributed by atoms with E-state index in [1.807, 2.05) is 0 Å². The fraction of sp³-hybridized carbons (Fsp3) is 0.267. The van der Waals surface area contributed by atoms with Gasteiger partial charge in [0.15, 0.2) is 8.32 Å². The third-order valence-corrected chi connectivity index (χ3v) is 7.59. The molecule has 0 heterocycles. The maximum absolute atomic E-state index is 6.16. The molecule has 179 valence electrons. The molecule has 0 saturated heterocycles. The molecular formula is C30H31Cl2OSiZr. The largest absolute Gasteiger partial charge is 3.00 e. The average molecular weight is 598 g/mol. The van der Waals surface area contributed by atoms with Gasteiger partial charge in [-0.1, -0.05) is 83.1 Å². The van der Waals surface area contributed by atoms with E-state index in [0.29, 0.717) is 0 Å². The van der Waals surface area contributed by atoms with Crippen LogP contribution in [0.4, 0.5) is 0 Å². The van der Waals surface area contributed by atoms with Gasteiger partial charge in [0.1, 0.15) is 0 Å². The Morgan fingerprint density at radius 3 is 2.37 bits per heavy atom. The summed E-state index contributed by atoms with van der Waals surface area (Å²) in [5, 5.41) is 5.13. The zero-order valence-corrected chi connectivity index (χ0v) is 25.8. The predicted molar refractivity (Wildman–Crippen MR) is 137 cm³/mol. The van der Waals surface area contributed by atoms with Crippen molar-refractivity contribution in [3.63, 3.8) is 0 Å². The van der Waals surface area contributed by atoms with Crippen molar-refractivity contribution < 1.29 is 55.4 Å². The van der Waals surface area contributed by atoms with E-state index in [0.717, 1.165) is 19.4 Å². The van der Waals surface area contributed by atoms with E-state index in [4.69, 9.17) is 4.43 Å². The topological polar surface area (TPSA) is 9.23 Å². The molecule has 0 fully saturated rings. The van der Waals surface area contributed by atoms with Crippen LogP contribution in [-0.2, 0) is 30.6 Å². The van der Waals surface area contributed by atoms with Gasteiger partial charge in [0.05, 0.1) is 0 Å². The van der Waals surface area contributed by atoms with Crippen LogP contribution in [0, 0.1) is 10.4 Å². The maximum Gasteiger partial charge on any atom is 3.00 e. The normalized spacial score (nSPS) is 15.5. The van der Waals surface area contributed by atoms with Crippen LogP contribution in [0.15, 0.2) is 66.2 Å².